The molecule has 0 fully saturated rings. The Kier molecular flexibility index (Phi) is 4.26. The Hall–Kier alpha value is -2.45. The van der Waals surface area contributed by atoms with Crippen LogP contribution in [0.2, 0.25) is 5.02 Å². The van der Waals surface area contributed by atoms with Crippen molar-refractivity contribution in [2.75, 3.05) is 14.2 Å². The van der Waals surface area contributed by atoms with Crippen molar-refractivity contribution in [1.82, 2.24) is 0 Å². The Bertz CT molecular complexity index is 884. The highest BCUT2D eigenvalue weighted by molar-refractivity contribution is 6.34. The highest BCUT2D eigenvalue weighted by Gasteiger charge is 2.13. The lowest BCUT2D eigenvalue weighted by atomic mass is 9.96. The number of rotatable bonds is 4. The summed E-state index contributed by atoms with van der Waals surface area (Å²) in [6.45, 7) is 3.93. The average Bonchev–Trinajstić information content (AvgIpc) is 2.60. The predicted octanol–water partition coefficient (Wildman–Crippen LogP) is 5.79. The zero-order chi connectivity index (χ0) is 16.4. The summed E-state index contributed by atoms with van der Waals surface area (Å²) in [5.41, 5.74) is 2.86. The van der Waals surface area contributed by atoms with Gasteiger partial charge in [0.15, 0.2) is 0 Å². The molecule has 3 rings (SSSR count). The summed E-state index contributed by atoms with van der Waals surface area (Å²) in [6.07, 6.45) is 0. The largest absolute Gasteiger partial charge is 0.497 e. The highest BCUT2D eigenvalue weighted by atomic mass is 35.5. The van der Waals surface area contributed by atoms with E-state index >= 15 is 0 Å². The second-order valence-corrected chi connectivity index (χ2v) is 5.59. The van der Waals surface area contributed by atoms with Crippen molar-refractivity contribution in [3.8, 4) is 16.9 Å². The second kappa shape index (κ2) is 6.35. The number of benzene rings is 3. The molecule has 116 valence electrons. The third-order valence-electron chi connectivity index (χ3n) is 3.92. The Labute approximate surface area is 140 Å². The van der Waals surface area contributed by atoms with Crippen molar-refractivity contribution in [2.24, 2.45) is 0 Å². The van der Waals surface area contributed by atoms with Crippen LogP contribution in [0.1, 0.15) is 5.56 Å². The molecule has 0 saturated heterocycles. The van der Waals surface area contributed by atoms with Gasteiger partial charge in [-0.3, -0.25) is 0 Å². The first-order valence-corrected chi connectivity index (χ1v) is 7.62. The Morgan fingerprint density at radius 2 is 1.78 bits per heavy atom. The Morgan fingerprint density at radius 1 is 1.00 bits per heavy atom. The lowest BCUT2D eigenvalue weighted by molar-refractivity contribution is 0.371. The lowest BCUT2D eigenvalue weighted by Crippen LogP contribution is -1.91. The van der Waals surface area contributed by atoms with Crippen molar-refractivity contribution >= 4 is 28.1 Å². The van der Waals surface area contributed by atoms with Crippen molar-refractivity contribution in [1.29, 1.82) is 0 Å². The van der Waals surface area contributed by atoms with Gasteiger partial charge in [-0.15, -0.1) is 0 Å². The zero-order valence-corrected chi connectivity index (χ0v) is 13.9. The van der Waals surface area contributed by atoms with Crippen molar-refractivity contribution in [3.63, 3.8) is 0 Å². The van der Waals surface area contributed by atoms with Crippen LogP contribution in [0.5, 0.6) is 5.75 Å². The number of halogens is 1. The molecule has 0 radical (unpaired) electrons. The number of methoxy groups -OCH3 is 2. The summed E-state index contributed by atoms with van der Waals surface area (Å²) in [7, 11) is 3.27. The molecule has 2 nitrogen and oxygen atoms in total. The molecule has 0 aromatic heterocycles. The van der Waals surface area contributed by atoms with Gasteiger partial charge in [0.2, 0.25) is 0 Å². The van der Waals surface area contributed by atoms with E-state index < -0.39 is 0 Å². The number of fused-ring (bicyclic) bond motifs is 1. The normalized spacial score (nSPS) is 10.6. The molecule has 3 heteroatoms. The SMILES string of the molecule is C=C(OC)c1ccc2cccc(-c3c(Cl)cccc3OC)c2c1. The lowest BCUT2D eigenvalue weighted by Gasteiger charge is -2.14. The molecule has 0 N–H and O–H groups in total. The minimum Gasteiger partial charge on any atom is -0.497 e. The van der Waals surface area contributed by atoms with Crippen LogP contribution < -0.4 is 4.74 Å². The smallest absolute Gasteiger partial charge is 0.128 e. The predicted molar refractivity (Wildman–Crippen MR) is 97.0 cm³/mol. The molecule has 0 aliphatic rings. The monoisotopic (exact) mass is 324 g/mol. The Balaban J connectivity index is 2.32. The summed E-state index contributed by atoms with van der Waals surface area (Å²) in [4.78, 5) is 0. The molecule has 0 spiro atoms. The van der Waals surface area contributed by atoms with E-state index in [0.29, 0.717) is 10.8 Å². The van der Waals surface area contributed by atoms with Gasteiger partial charge in [0.1, 0.15) is 11.5 Å². The molecule has 3 aromatic rings. The van der Waals surface area contributed by atoms with Crippen LogP contribution in [0.15, 0.2) is 61.2 Å². The van der Waals surface area contributed by atoms with Gasteiger partial charge in [0.25, 0.3) is 0 Å². The molecule has 0 heterocycles. The fraction of sp³-hybridized carbons (Fsp3) is 0.100. The van der Waals surface area contributed by atoms with Crippen molar-refractivity contribution in [2.45, 2.75) is 0 Å². The highest BCUT2D eigenvalue weighted by Crippen LogP contribution is 2.40. The van der Waals surface area contributed by atoms with Gasteiger partial charge in [0, 0.05) is 11.1 Å². The molecule has 0 bridgehead atoms. The second-order valence-electron chi connectivity index (χ2n) is 5.19. The van der Waals surface area contributed by atoms with Crippen LogP contribution in [0.3, 0.4) is 0 Å². The number of ether oxygens (including phenoxy) is 2. The van der Waals surface area contributed by atoms with Crippen LogP contribution in [0, 0.1) is 0 Å². The van der Waals surface area contributed by atoms with E-state index in [1.165, 1.54) is 0 Å². The molecule has 23 heavy (non-hydrogen) atoms. The summed E-state index contributed by atoms with van der Waals surface area (Å²) in [6, 6.07) is 17.9. The minimum atomic E-state index is 0.632. The van der Waals surface area contributed by atoms with Gasteiger partial charge in [-0.1, -0.05) is 54.6 Å². The van der Waals surface area contributed by atoms with E-state index in [-0.39, 0.29) is 0 Å². The van der Waals surface area contributed by atoms with E-state index in [9.17, 15) is 0 Å². The van der Waals surface area contributed by atoms with Crippen LogP contribution >= 0.6 is 11.6 Å². The standard InChI is InChI=1S/C20H17ClO2/c1-13(22-2)15-11-10-14-6-4-7-16(17(14)12-15)20-18(21)8-5-9-19(20)23-3/h4-12H,1H2,2-3H3. The van der Waals surface area contributed by atoms with Crippen LogP contribution in [0.25, 0.3) is 27.7 Å². The van der Waals surface area contributed by atoms with Gasteiger partial charge < -0.3 is 9.47 Å². The van der Waals surface area contributed by atoms with Gasteiger partial charge >= 0.3 is 0 Å². The molecule has 0 aliphatic heterocycles. The summed E-state index contributed by atoms with van der Waals surface area (Å²) in [5.74, 6) is 1.38. The minimum absolute atomic E-state index is 0.632. The summed E-state index contributed by atoms with van der Waals surface area (Å²) in [5, 5.41) is 2.86. The molecule has 0 unspecified atom stereocenters. The van der Waals surface area contributed by atoms with Crippen LogP contribution in [-0.4, -0.2) is 14.2 Å². The fourth-order valence-electron chi connectivity index (χ4n) is 2.72. The van der Waals surface area contributed by atoms with Crippen molar-refractivity contribution < 1.29 is 9.47 Å². The summed E-state index contributed by atoms with van der Waals surface area (Å²) >= 11 is 6.45. The number of hydrogen-bond acceptors (Lipinski definition) is 2. The molecule has 3 aromatic carbocycles. The quantitative estimate of drug-likeness (QED) is 0.566. The first kappa shape index (κ1) is 15.4. The molecular weight excluding hydrogens is 308 g/mol. The third-order valence-corrected chi connectivity index (χ3v) is 4.23. The van der Waals surface area contributed by atoms with E-state index in [4.69, 9.17) is 21.1 Å². The zero-order valence-electron chi connectivity index (χ0n) is 13.1. The maximum absolute atomic E-state index is 6.45. The average molecular weight is 325 g/mol. The van der Waals surface area contributed by atoms with Gasteiger partial charge in [-0.2, -0.15) is 0 Å². The van der Waals surface area contributed by atoms with Gasteiger partial charge in [-0.25, -0.2) is 0 Å². The first-order chi connectivity index (χ1) is 11.2. The van der Waals surface area contributed by atoms with E-state index in [2.05, 4.69) is 24.8 Å². The van der Waals surface area contributed by atoms with Crippen LogP contribution in [-0.2, 0) is 4.74 Å². The van der Waals surface area contributed by atoms with Gasteiger partial charge in [-0.05, 0) is 34.5 Å². The molecule has 0 aliphatic carbocycles. The molecule has 0 atom stereocenters. The molecule has 0 amide bonds. The molecular formula is C20H17ClO2. The van der Waals surface area contributed by atoms with Crippen molar-refractivity contribution in [3.05, 3.63) is 71.8 Å². The van der Waals surface area contributed by atoms with Gasteiger partial charge in [0.05, 0.1) is 19.2 Å². The Morgan fingerprint density at radius 3 is 2.52 bits per heavy atom. The van der Waals surface area contributed by atoms with E-state index in [1.54, 1.807) is 14.2 Å². The topological polar surface area (TPSA) is 18.5 Å². The maximum atomic E-state index is 6.45. The van der Waals surface area contributed by atoms with E-state index in [1.807, 2.05) is 36.4 Å². The number of hydrogen-bond donors (Lipinski definition) is 0. The van der Waals surface area contributed by atoms with E-state index in [0.717, 1.165) is 33.2 Å². The maximum Gasteiger partial charge on any atom is 0.128 e. The first-order valence-electron chi connectivity index (χ1n) is 7.24. The molecule has 0 saturated carbocycles. The third kappa shape index (κ3) is 2.78. The summed E-state index contributed by atoms with van der Waals surface area (Å²) < 4.78 is 10.8. The van der Waals surface area contributed by atoms with Crippen LogP contribution in [0.4, 0.5) is 0 Å². The fourth-order valence-corrected chi connectivity index (χ4v) is 2.99.